The first-order chi connectivity index (χ1) is 5.74. The molecule has 1 rings (SSSR count). The van der Waals surface area contributed by atoms with E-state index in [-0.39, 0.29) is 0 Å². The first kappa shape index (κ1) is 8.55. The van der Waals surface area contributed by atoms with Crippen LogP contribution in [0.5, 0.6) is 0 Å². The van der Waals surface area contributed by atoms with E-state index < -0.39 is 0 Å². The summed E-state index contributed by atoms with van der Waals surface area (Å²) >= 11 is 0. The number of aryl methyl sites for hydroxylation is 1. The predicted molar refractivity (Wildman–Crippen MR) is 50.4 cm³/mol. The van der Waals surface area contributed by atoms with Crippen LogP contribution in [0.3, 0.4) is 0 Å². The molecule has 0 N–H and O–H groups in total. The Morgan fingerprint density at radius 3 is 2.83 bits per heavy atom. The normalized spacial score (nSPS) is 10.9. The summed E-state index contributed by atoms with van der Waals surface area (Å²) in [5.74, 6) is 0. The van der Waals surface area contributed by atoms with Crippen LogP contribution >= 0.6 is 0 Å². The molecule has 0 unspecified atom stereocenters. The lowest BCUT2D eigenvalue weighted by molar-refractivity contribution is 1.43. The molecule has 1 heteroatoms. The van der Waals surface area contributed by atoms with Gasteiger partial charge in [0.05, 0.1) is 6.07 Å². The maximum atomic E-state index is 8.44. The lowest BCUT2D eigenvalue weighted by Crippen LogP contribution is -1.79. The van der Waals surface area contributed by atoms with Gasteiger partial charge in [-0.1, -0.05) is 29.8 Å². The van der Waals surface area contributed by atoms with E-state index in [0.717, 1.165) is 11.1 Å². The first-order valence-electron chi connectivity index (χ1n) is 3.87. The Labute approximate surface area is 73.0 Å². The molecule has 0 radical (unpaired) electrons. The highest BCUT2D eigenvalue weighted by Gasteiger charge is 1.93. The van der Waals surface area contributed by atoms with Gasteiger partial charge in [-0.15, -0.1) is 0 Å². The second-order valence-electron chi connectivity index (χ2n) is 2.83. The fraction of sp³-hybridized carbons (Fsp3) is 0.182. The minimum atomic E-state index is 1.02. The van der Waals surface area contributed by atoms with Crippen LogP contribution in [0, 0.1) is 18.3 Å². The van der Waals surface area contributed by atoms with Crippen LogP contribution < -0.4 is 0 Å². The SMILES string of the molecule is C/C(=C\C#N)c1cccc(C)c1. The van der Waals surface area contributed by atoms with E-state index in [4.69, 9.17) is 5.26 Å². The van der Waals surface area contributed by atoms with Crippen LogP contribution in [0.2, 0.25) is 0 Å². The molecule has 0 spiro atoms. The van der Waals surface area contributed by atoms with E-state index in [1.54, 1.807) is 6.08 Å². The summed E-state index contributed by atoms with van der Waals surface area (Å²) in [4.78, 5) is 0. The van der Waals surface area contributed by atoms with Gasteiger partial charge in [0, 0.05) is 6.08 Å². The van der Waals surface area contributed by atoms with E-state index in [1.165, 1.54) is 5.56 Å². The number of hydrogen-bond donors (Lipinski definition) is 0. The van der Waals surface area contributed by atoms with Crippen LogP contribution in [-0.2, 0) is 0 Å². The number of allylic oxidation sites excluding steroid dienone is 2. The third kappa shape index (κ3) is 1.96. The van der Waals surface area contributed by atoms with E-state index in [0.29, 0.717) is 0 Å². The van der Waals surface area contributed by atoms with Gasteiger partial charge in [-0.05, 0) is 25.0 Å². The molecule has 12 heavy (non-hydrogen) atoms. The van der Waals surface area contributed by atoms with E-state index >= 15 is 0 Å². The number of nitriles is 1. The van der Waals surface area contributed by atoms with Gasteiger partial charge in [-0.3, -0.25) is 0 Å². The molecule has 0 aliphatic rings. The van der Waals surface area contributed by atoms with Crippen molar-refractivity contribution in [2.24, 2.45) is 0 Å². The number of nitrogens with zero attached hydrogens (tertiary/aromatic N) is 1. The van der Waals surface area contributed by atoms with Gasteiger partial charge >= 0.3 is 0 Å². The molecule has 0 atom stereocenters. The Morgan fingerprint density at radius 2 is 2.25 bits per heavy atom. The summed E-state index contributed by atoms with van der Waals surface area (Å²) in [5, 5.41) is 8.44. The Kier molecular flexibility index (Phi) is 2.66. The van der Waals surface area contributed by atoms with Gasteiger partial charge in [-0.2, -0.15) is 5.26 Å². The molecule has 1 aromatic rings. The minimum Gasteiger partial charge on any atom is -0.193 e. The number of benzene rings is 1. The van der Waals surface area contributed by atoms with Crippen molar-refractivity contribution in [2.45, 2.75) is 13.8 Å². The first-order valence-corrected chi connectivity index (χ1v) is 3.87. The Balaban J connectivity index is 3.05. The van der Waals surface area contributed by atoms with Crippen molar-refractivity contribution in [3.8, 4) is 6.07 Å². The summed E-state index contributed by atoms with van der Waals surface area (Å²) in [6, 6.07) is 10.2. The van der Waals surface area contributed by atoms with Crippen molar-refractivity contribution in [2.75, 3.05) is 0 Å². The zero-order valence-corrected chi connectivity index (χ0v) is 7.33. The van der Waals surface area contributed by atoms with Crippen molar-refractivity contribution < 1.29 is 0 Å². The van der Waals surface area contributed by atoms with Crippen LogP contribution in [0.25, 0.3) is 5.57 Å². The fourth-order valence-electron chi connectivity index (χ4n) is 1.07. The maximum Gasteiger partial charge on any atom is 0.0915 e. The molecule has 60 valence electrons. The highest BCUT2D eigenvalue weighted by atomic mass is 14.2. The zero-order valence-electron chi connectivity index (χ0n) is 7.33. The van der Waals surface area contributed by atoms with Crippen molar-refractivity contribution >= 4 is 5.57 Å². The largest absolute Gasteiger partial charge is 0.193 e. The molecule has 1 nitrogen and oxygen atoms in total. The third-order valence-corrected chi connectivity index (χ3v) is 1.75. The zero-order chi connectivity index (χ0) is 8.97. The molecule has 0 saturated carbocycles. The molecule has 0 aliphatic carbocycles. The minimum absolute atomic E-state index is 1.02. The molecule has 1 aromatic carbocycles. The van der Waals surface area contributed by atoms with Gasteiger partial charge in [0.15, 0.2) is 0 Å². The molecule has 0 bridgehead atoms. The molecule has 0 amide bonds. The summed E-state index contributed by atoms with van der Waals surface area (Å²) in [6.07, 6.45) is 1.56. The molecule has 0 saturated heterocycles. The molecule has 0 fully saturated rings. The van der Waals surface area contributed by atoms with E-state index in [1.807, 2.05) is 38.1 Å². The number of hydrogen-bond acceptors (Lipinski definition) is 1. The summed E-state index contributed by atoms with van der Waals surface area (Å²) in [7, 11) is 0. The third-order valence-electron chi connectivity index (χ3n) is 1.75. The summed E-state index contributed by atoms with van der Waals surface area (Å²) < 4.78 is 0. The summed E-state index contributed by atoms with van der Waals surface area (Å²) in [6.45, 7) is 3.99. The highest BCUT2D eigenvalue weighted by Crippen LogP contribution is 2.13. The average Bonchev–Trinajstić information content (AvgIpc) is 2.05. The van der Waals surface area contributed by atoms with Crippen molar-refractivity contribution in [3.63, 3.8) is 0 Å². The molecule has 0 heterocycles. The van der Waals surface area contributed by atoms with Crippen LogP contribution in [-0.4, -0.2) is 0 Å². The van der Waals surface area contributed by atoms with E-state index in [2.05, 4.69) is 6.07 Å². The van der Waals surface area contributed by atoms with Gasteiger partial charge in [0.1, 0.15) is 0 Å². The van der Waals surface area contributed by atoms with Crippen LogP contribution in [0.4, 0.5) is 0 Å². The van der Waals surface area contributed by atoms with E-state index in [9.17, 15) is 0 Å². The molecule has 0 aromatic heterocycles. The second kappa shape index (κ2) is 3.73. The topological polar surface area (TPSA) is 23.8 Å². The highest BCUT2D eigenvalue weighted by molar-refractivity contribution is 5.66. The van der Waals surface area contributed by atoms with Crippen LogP contribution in [0.15, 0.2) is 30.3 Å². The second-order valence-corrected chi connectivity index (χ2v) is 2.83. The Morgan fingerprint density at radius 1 is 1.50 bits per heavy atom. The average molecular weight is 157 g/mol. The van der Waals surface area contributed by atoms with Gasteiger partial charge in [0.25, 0.3) is 0 Å². The molecular weight excluding hydrogens is 146 g/mol. The Hall–Kier alpha value is -1.55. The van der Waals surface area contributed by atoms with Crippen molar-refractivity contribution in [1.82, 2.24) is 0 Å². The van der Waals surface area contributed by atoms with Crippen LogP contribution in [0.1, 0.15) is 18.1 Å². The molecule has 0 aliphatic heterocycles. The van der Waals surface area contributed by atoms with Gasteiger partial charge in [-0.25, -0.2) is 0 Å². The lowest BCUT2D eigenvalue weighted by atomic mass is 10.1. The summed E-state index contributed by atoms with van der Waals surface area (Å²) in [5.41, 5.74) is 3.36. The fourth-order valence-corrected chi connectivity index (χ4v) is 1.07. The smallest absolute Gasteiger partial charge is 0.0915 e. The van der Waals surface area contributed by atoms with Crippen molar-refractivity contribution in [1.29, 1.82) is 5.26 Å². The van der Waals surface area contributed by atoms with Crippen molar-refractivity contribution in [3.05, 3.63) is 41.5 Å². The monoisotopic (exact) mass is 157 g/mol. The van der Waals surface area contributed by atoms with Gasteiger partial charge in [0.2, 0.25) is 0 Å². The standard InChI is InChI=1S/C11H11N/c1-9-4-3-5-11(8-9)10(2)6-7-12/h3-6,8H,1-2H3/b10-6+. The quantitative estimate of drug-likeness (QED) is 0.575. The molecular formula is C11H11N. The predicted octanol–water partition coefficient (Wildman–Crippen LogP) is 2.92. The number of rotatable bonds is 1. The van der Waals surface area contributed by atoms with Gasteiger partial charge < -0.3 is 0 Å². The lowest BCUT2D eigenvalue weighted by Gasteiger charge is -1.99. The Bertz CT molecular complexity index is 342. The maximum absolute atomic E-state index is 8.44.